The van der Waals surface area contributed by atoms with Gasteiger partial charge in [0.25, 0.3) is 0 Å². The van der Waals surface area contributed by atoms with Crippen LogP contribution in [0.5, 0.6) is 0 Å². The van der Waals surface area contributed by atoms with Crippen molar-refractivity contribution >= 4 is 12.0 Å². The van der Waals surface area contributed by atoms with Crippen molar-refractivity contribution in [3.8, 4) is 0 Å². The molecule has 2 aliphatic rings. The first-order valence-electron chi connectivity index (χ1n) is 7.01. The minimum Gasteiger partial charge on any atom is -0.453 e. The Hall–Kier alpha value is -1.14. The number of hydrogen-bond donors (Lipinski definition) is 2. The molecule has 1 unspecified atom stereocenters. The number of carbonyl (C=O) groups excluding carboxylic acids is 2. The SMILES string of the molecule is COC(=O)NC(=O)CN(CC1CCCNC1)C1CC1. The number of methoxy groups -OCH3 is 1. The van der Waals surface area contributed by atoms with Gasteiger partial charge >= 0.3 is 6.09 Å². The Bertz CT molecular complexity index is 325. The predicted octanol–water partition coefficient (Wildman–Crippen LogP) is 0.333. The van der Waals surface area contributed by atoms with Gasteiger partial charge in [0, 0.05) is 12.6 Å². The van der Waals surface area contributed by atoms with E-state index in [0.29, 0.717) is 12.0 Å². The smallest absolute Gasteiger partial charge is 0.413 e. The van der Waals surface area contributed by atoms with E-state index in [-0.39, 0.29) is 12.5 Å². The maximum atomic E-state index is 11.7. The quantitative estimate of drug-likeness (QED) is 0.753. The fourth-order valence-electron chi connectivity index (χ4n) is 2.58. The van der Waals surface area contributed by atoms with E-state index < -0.39 is 6.09 Å². The van der Waals surface area contributed by atoms with Crippen molar-refractivity contribution in [2.75, 3.05) is 33.3 Å². The van der Waals surface area contributed by atoms with Crippen molar-refractivity contribution < 1.29 is 14.3 Å². The van der Waals surface area contributed by atoms with Crippen molar-refractivity contribution in [2.24, 2.45) is 5.92 Å². The molecule has 1 saturated heterocycles. The van der Waals surface area contributed by atoms with E-state index in [9.17, 15) is 9.59 Å². The number of ether oxygens (including phenoxy) is 1. The highest BCUT2D eigenvalue weighted by atomic mass is 16.5. The lowest BCUT2D eigenvalue weighted by molar-refractivity contribution is -0.121. The Balaban J connectivity index is 1.78. The predicted molar refractivity (Wildman–Crippen MR) is 70.7 cm³/mol. The molecule has 0 aromatic heterocycles. The molecular formula is C13H23N3O3. The van der Waals surface area contributed by atoms with Gasteiger partial charge < -0.3 is 10.1 Å². The molecule has 0 aromatic rings. The summed E-state index contributed by atoms with van der Waals surface area (Å²) in [7, 11) is 1.26. The first kappa shape index (κ1) is 14.3. The Morgan fingerprint density at radius 2 is 2.16 bits per heavy atom. The number of piperidine rings is 1. The normalized spacial score (nSPS) is 23.2. The van der Waals surface area contributed by atoms with Crippen LogP contribution in [0.1, 0.15) is 25.7 Å². The molecule has 0 radical (unpaired) electrons. The van der Waals surface area contributed by atoms with Crippen LogP contribution >= 0.6 is 0 Å². The first-order valence-corrected chi connectivity index (χ1v) is 7.01. The molecule has 6 nitrogen and oxygen atoms in total. The number of nitrogens with zero attached hydrogens (tertiary/aromatic N) is 1. The molecule has 1 aliphatic carbocycles. The number of carbonyl (C=O) groups is 2. The molecule has 2 rings (SSSR count). The van der Waals surface area contributed by atoms with Crippen molar-refractivity contribution in [2.45, 2.75) is 31.7 Å². The standard InChI is InChI=1S/C13H23N3O3/c1-19-13(18)15-12(17)9-16(11-4-5-11)8-10-3-2-6-14-7-10/h10-11,14H,2-9H2,1H3,(H,15,17,18). The van der Waals surface area contributed by atoms with Crippen LogP contribution in [-0.2, 0) is 9.53 Å². The molecule has 0 spiro atoms. The molecule has 2 amide bonds. The van der Waals surface area contributed by atoms with Gasteiger partial charge in [-0.15, -0.1) is 0 Å². The maximum Gasteiger partial charge on any atom is 0.413 e. The third kappa shape index (κ3) is 4.80. The summed E-state index contributed by atoms with van der Waals surface area (Å²) in [6, 6.07) is 0.519. The molecule has 1 atom stereocenters. The maximum absolute atomic E-state index is 11.7. The summed E-state index contributed by atoms with van der Waals surface area (Å²) in [5.41, 5.74) is 0. The zero-order chi connectivity index (χ0) is 13.7. The fourth-order valence-corrected chi connectivity index (χ4v) is 2.58. The highest BCUT2D eigenvalue weighted by Gasteiger charge is 2.32. The topological polar surface area (TPSA) is 70.7 Å². The van der Waals surface area contributed by atoms with E-state index in [0.717, 1.165) is 32.5 Å². The summed E-state index contributed by atoms with van der Waals surface area (Å²) < 4.78 is 4.43. The zero-order valence-electron chi connectivity index (χ0n) is 11.5. The van der Waals surface area contributed by atoms with Crippen molar-refractivity contribution in [3.05, 3.63) is 0 Å². The van der Waals surface area contributed by atoms with Crippen LogP contribution in [0.4, 0.5) is 4.79 Å². The van der Waals surface area contributed by atoms with Gasteiger partial charge in [-0.05, 0) is 44.7 Å². The minimum absolute atomic E-state index is 0.275. The lowest BCUT2D eigenvalue weighted by atomic mass is 9.99. The molecule has 6 heteroatoms. The second-order valence-electron chi connectivity index (χ2n) is 5.41. The average Bonchev–Trinajstić information content (AvgIpc) is 3.23. The second kappa shape index (κ2) is 6.86. The van der Waals surface area contributed by atoms with Gasteiger partial charge in [-0.25, -0.2) is 4.79 Å². The number of imide groups is 1. The van der Waals surface area contributed by atoms with Gasteiger partial charge in [-0.3, -0.25) is 15.0 Å². The van der Waals surface area contributed by atoms with Crippen molar-refractivity contribution in [1.82, 2.24) is 15.5 Å². The number of nitrogens with one attached hydrogen (secondary N) is 2. The van der Waals surface area contributed by atoms with Gasteiger partial charge in [0.2, 0.25) is 5.91 Å². The van der Waals surface area contributed by atoms with Gasteiger partial charge in [-0.2, -0.15) is 0 Å². The number of amides is 2. The molecule has 1 aliphatic heterocycles. The summed E-state index contributed by atoms with van der Waals surface area (Å²) in [5, 5.41) is 5.62. The molecule has 108 valence electrons. The Kier molecular flexibility index (Phi) is 5.15. The van der Waals surface area contributed by atoms with Crippen LogP contribution in [0, 0.1) is 5.92 Å². The van der Waals surface area contributed by atoms with Crippen molar-refractivity contribution in [3.63, 3.8) is 0 Å². The van der Waals surface area contributed by atoms with E-state index >= 15 is 0 Å². The zero-order valence-corrected chi connectivity index (χ0v) is 11.5. The highest BCUT2D eigenvalue weighted by molar-refractivity contribution is 5.92. The molecule has 0 aromatic carbocycles. The van der Waals surface area contributed by atoms with Crippen LogP contribution in [0.3, 0.4) is 0 Å². The van der Waals surface area contributed by atoms with Gasteiger partial charge in [0.1, 0.15) is 0 Å². The molecule has 1 saturated carbocycles. The number of alkyl carbamates (subject to hydrolysis) is 1. The van der Waals surface area contributed by atoms with Crippen LogP contribution in [0.15, 0.2) is 0 Å². The molecule has 2 N–H and O–H groups in total. The van der Waals surface area contributed by atoms with Crippen LogP contribution in [0.25, 0.3) is 0 Å². The first-order chi connectivity index (χ1) is 9.19. The summed E-state index contributed by atoms with van der Waals surface area (Å²) in [4.78, 5) is 24.9. The van der Waals surface area contributed by atoms with E-state index in [2.05, 4.69) is 20.3 Å². The second-order valence-corrected chi connectivity index (χ2v) is 5.41. The molecule has 0 bridgehead atoms. The van der Waals surface area contributed by atoms with E-state index in [4.69, 9.17) is 0 Å². The van der Waals surface area contributed by atoms with Gasteiger partial charge in [0.15, 0.2) is 0 Å². The number of rotatable bonds is 5. The summed E-state index contributed by atoms with van der Waals surface area (Å²) in [6.07, 6.45) is 4.06. The van der Waals surface area contributed by atoms with Crippen LogP contribution < -0.4 is 10.6 Å². The third-order valence-corrected chi connectivity index (χ3v) is 3.73. The fraction of sp³-hybridized carbons (Fsp3) is 0.846. The Morgan fingerprint density at radius 1 is 1.37 bits per heavy atom. The largest absolute Gasteiger partial charge is 0.453 e. The summed E-state index contributed by atoms with van der Waals surface area (Å²) in [6.45, 7) is 3.35. The monoisotopic (exact) mass is 269 g/mol. The third-order valence-electron chi connectivity index (χ3n) is 3.73. The van der Waals surface area contributed by atoms with E-state index in [1.54, 1.807) is 0 Å². The lowest BCUT2D eigenvalue weighted by Crippen LogP contribution is -2.45. The average molecular weight is 269 g/mol. The molecule has 19 heavy (non-hydrogen) atoms. The molecular weight excluding hydrogens is 246 g/mol. The van der Waals surface area contributed by atoms with E-state index in [1.165, 1.54) is 20.0 Å². The highest BCUT2D eigenvalue weighted by Crippen LogP contribution is 2.28. The van der Waals surface area contributed by atoms with E-state index in [1.807, 2.05) is 0 Å². The summed E-state index contributed by atoms with van der Waals surface area (Å²) >= 11 is 0. The van der Waals surface area contributed by atoms with Gasteiger partial charge in [0.05, 0.1) is 13.7 Å². The Morgan fingerprint density at radius 3 is 2.74 bits per heavy atom. The van der Waals surface area contributed by atoms with Crippen molar-refractivity contribution in [1.29, 1.82) is 0 Å². The van der Waals surface area contributed by atoms with Crippen LogP contribution in [0.2, 0.25) is 0 Å². The van der Waals surface area contributed by atoms with Crippen LogP contribution in [-0.4, -0.2) is 56.2 Å². The Labute approximate surface area is 113 Å². The lowest BCUT2D eigenvalue weighted by Gasteiger charge is -2.29. The summed E-state index contributed by atoms with van der Waals surface area (Å²) in [5.74, 6) is 0.336. The molecule has 2 fully saturated rings. The number of hydrogen-bond acceptors (Lipinski definition) is 5. The van der Waals surface area contributed by atoms with Gasteiger partial charge in [-0.1, -0.05) is 0 Å². The molecule has 1 heterocycles. The minimum atomic E-state index is -0.680.